The molecule has 3 atom stereocenters. The molecule has 0 radical (unpaired) electrons. The van der Waals surface area contributed by atoms with Crippen molar-refractivity contribution < 1.29 is 19.1 Å². The molecule has 3 heterocycles. The van der Waals surface area contributed by atoms with E-state index in [0.717, 1.165) is 45.0 Å². The molecule has 14 nitrogen and oxygen atoms in total. The van der Waals surface area contributed by atoms with Crippen molar-refractivity contribution in [3.8, 4) is 5.75 Å². The summed E-state index contributed by atoms with van der Waals surface area (Å²) in [6, 6.07) is 10.3. The van der Waals surface area contributed by atoms with Crippen molar-refractivity contribution in [3.63, 3.8) is 0 Å². The molecule has 0 bridgehead atoms. The van der Waals surface area contributed by atoms with Crippen LogP contribution in [0.2, 0.25) is 0 Å². The maximum Gasteiger partial charge on any atom is 0.247 e. The summed E-state index contributed by atoms with van der Waals surface area (Å²) in [4.78, 5) is 54.5. The lowest BCUT2D eigenvalue weighted by molar-refractivity contribution is -0.143. The predicted molar refractivity (Wildman–Crippen MR) is 217 cm³/mol. The quantitative estimate of drug-likeness (QED) is 0.162. The standard InChI is InChI=1S/C40H62N10O4/c1-26(42-5)37(51)46-35(40(2,3)4)39(53)50-17-9-10-33(50)38(52)45-32-24-30(31(43-6)25-34(32)54-8)36(41)44-27-11-13-28(14-12-27)48-18-15-29(16-19-48)49-22-20-47(7)21-23-49/h11-14,24-26,29,33,35,42-43H,9-10,15-23H2,1-8H3,(H2,41,44)(H,45,52)(H,46,51)/t26-,33-,35+/m0/s1. The van der Waals surface area contributed by atoms with Crippen molar-refractivity contribution in [2.75, 3.05) is 89.6 Å². The van der Waals surface area contributed by atoms with Gasteiger partial charge in [-0.15, -0.1) is 0 Å². The van der Waals surface area contributed by atoms with Crippen molar-refractivity contribution in [1.29, 1.82) is 0 Å². The van der Waals surface area contributed by atoms with Crippen molar-refractivity contribution in [2.24, 2.45) is 16.1 Å². The Hall–Kier alpha value is -4.40. The van der Waals surface area contributed by atoms with Gasteiger partial charge in [-0.05, 0) is 82.4 Å². The first-order valence-electron chi connectivity index (χ1n) is 19.3. The fraction of sp³-hybridized carbons (Fsp3) is 0.600. The first-order chi connectivity index (χ1) is 25.7. The number of nitrogens with two attached hydrogens (primary N) is 1. The molecule has 0 aromatic heterocycles. The number of rotatable bonds is 12. The third-order valence-corrected chi connectivity index (χ3v) is 11.2. The number of aliphatic imine (C=N–C) groups is 1. The van der Waals surface area contributed by atoms with E-state index in [0.29, 0.717) is 48.1 Å². The van der Waals surface area contributed by atoms with Gasteiger partial charge in [0, 0.05) is 81.9 Å². The highest BCUT2D eigenvalue weighted by atomic mass is 16.5. The van der Waals surface area contributed by atoms with Gasteiger partial charge < -0.3 is 46.4 Å². The second-order valence-electron chi connectivity index (χ2n) is 15.9. The molecule has 0 unspecified atom stereocenters. The van der Waals surface area contributed by atoms with E-state index in [1.54, 1.807) is 38.1 Å². The normalized spacial score (nSPS) is 20.4. The van der Waals surface area contributed by atoms with Gasteiger partial charge in [0.15, 0.2) is 0 Å². The summed E-state index contributed by atoms with van der Waals surface area (Å²) in [5.74, 6) is -0.201. The molecule has 3 aliphatic heterocycles. The SMILES string of the molecule is CNc1cc(OC)c(NC(=O)[C@@H]2CCCN2C(=O)[C@@H](NC(=O)[C@H](C)NC)C(C)(C)C)cc1C(N)=Nc1ccc(N2CCC(N3CCN(C)CC3)CC2)cc1. The summed E-state index contributed by atoms with van der Waals surface area (Å²) in [5, 5.41) is 12.0. The van der Waals surface area contributed by atoms with E-state index in [-0.39, 0.29) is 23.6 Å². The number of piperidine rings is 1. The minimum Gasteiger partial charge on any atom is -0.494 e. The number of carbonyl (C=O) groups excluding carboxylic acids is 3. The minimum absolute atomic E-state index is 0.274. The summed E-state index contributed by atoms with van der Waals surface area (Å²) in [5.41, 5.74) is 9.65. The number of anilines is 3. The number of amides is 3. The number of piperazine rings is 1. The third-order valence-electron chi connectivity index (χ3n) is 11.2. The van der Waals surface area contributed by atoms with Gasteiger partial charge >= 0.3 is 0 Å². The Morgan fingerprint density at radius 3 is 2.19 bits per heavy atom. The van der Waals surface area contributed by atoms with Crippen molar-refractivity contribution in [2.45, 2.75) is 77.5 Å². The van der Waals surface area contributed by atoms with Gasteiger partial charge in [0.1, 0.15) is 23.7 Å². The van der Waals surface area contributed by atoms with Crippen LogP contribution in [0.5, 0.6) is 5.75 Å². The molecular weight excluding hydrogens is 685 g/mol. The number of likely N-dealkylation sites (tertiary alicyclic amines) is 1. The highest BCUT2D eigenvalue weighted by Gasteiger charge is 2.42. The number of hydrogen-bond donors (Lipinski definition) is 5. The van der Waals surface area contributed by atoms with Crippen LogP contribution in [-0.4, -0.2) is 136 Å². The van der Waals surface area contributed by atoms with Crippen LogP contribution in [0, 0.1) is 5.41 Å². The summed E-state index contributed by atoms with van der Waals surface area (Å²) >= 11 is 0. The molecule has 5 rings (SSSR count). The number of ether oxygens (including phenoxy) is 1. The third kappa shape index (κ3) is 9.63. The molecule has 54 heavy (non-hydrogen) atoms. The zero-order valence-electron chi connectivity index (χ0n) is 33.5. The Bertz CT molecular complexity index is 1640. The van der Waals surface area contributed by atoms with Crippen LogP contribution in [0.15, 0.2) is 41.4 Å². The number of amidine groups is 1. The van der Waals surface area contributed by atoms with Crippen LogP contribution < -0.4 is 36.6 Å². The van der Waals surface area contributed by atoms with E-state index in [1.165, 1.54) is 25.6 Å². The van der Waals surface area contributed by atoms with E-state index in [1.807, 2.05) is 32.9 Å². The maximum atomic E-state index is 14.0. The number of benzene rings is 2. The zero-order valence-corrected chi connectivity index (χ0v) is 33.5. The van der Waals surface area contributed by atoms with Gasteiger partial charge in [-0.1, -0.05) is 20.8 Å². The molecule has 0 saturated carbocycles. The van der Waals surface area contributed by atoms with E-state index in [2.05, 4.69) is 55.1 Å². The zero-order chi connectivity index (χ0) is 39.2. The highest BCUT2D eigenvalue weighted by Crippen LogP contribution is 2.34. The predicted octanol–water partition coefficient (Wildman–Crippen LogP) is 3.06. The molecule has 3 fully saturated rings. The van der Waals surface area contributed by atoms with Crippen LogP contribution in [0.25, 0.3) is 0 Å². The lowest BCUT2D eigenvalue weighted by atomic mass is 9.85. The molecule has 6 N–H and O–H groups in total. The van der Waals surface area contributed by atoms with Gasteiger partial charge in [-0.2, -0.15) is 0 Å². The van der Waals surface area contributed by atoms with Crippen LogP contribution in [0.4, 0.5) is 22.7 Å². The van der Waals surface area contributed by atoms with Crippen LogP contribution in [0.3, 0.4) is 0 Å². The highest BCUT2D eigenvalue weighted by molar-refractivity contribution is 6.07. The molecule has 3 saturated heterocycles. The van der Waals surface area contributed by atoms with Gasteiger partial charge in [-0.25, -0.2) is 4.99 Å². The largest absolute Gasteiger partial charge is 0.494 e. The van der Waals surface area contributed by atoms with Crippen LogP contribution >= 0.6 is 0 Å². The molecule has 0 spiro atoms. The smallest absolute Gasteiger partial charge is 0.247 e. The topological polar surface area (TPSA) is 160 Å². The molecule has 0 aliphatic carbocycles. The van der Waals surface area contributed by atoms with Gasteiger partial charge in [0.2, 0.25) is 17.7 Å². The Kier molecular flexibility index (Phi) is 13.5. The van der Waals surface area contributed by atoms with Gasteiger partial charge in [0.05, 0.1) is 24.5 Å². The lowest BCUT2D eigenvalue weighted by Gasteiger charge is -2.42. The second-order valence-corrected chi connectivity index (χ2v) is 15.9. The summed E-state index contributed by atoms with van der Waals surface area (Å²) in [7, 11) is 7.21. The Morgan fingerprint density at radius 2 is 1.59 bits per heavy atom. The molecule has 3 amide bonds. The number of methoxy groups -OCH3 is 1. The summed E-state index contributed by atoms with van der Waals surface area (Å²) in [6.07, 6.45) is 3.49. The average molecular weight is 747 g/mol. The number of nitrogens with one attached hydrogen (secondary N) is 4. The number of likely N-dealkylation sites (N-methyl/N-ethyl adjacent to an activating group) is 2. The van der Waals surface area contributed by atoms with E-state index in [4.69, 9.17) is 15.5 Å². The molecule has 3 aliphatic rings. The molecule has 2 aromatic rings. The summed E-state index contributed by atoms with van der Waals surface area (Å²) in [6.45, 7) is 14.5. The number of hydrogen-bond acceptors (Lipinski definition) is 10. The second kappa shape index (κ2) is 17.8. The maximum absolute atomic E-state index is 14.0. The first-order valence-corrected chi connectivity index (χ1v) is 19.3. The van der Waals surface area contributed by atoms with Crippen LogP contribution in [-0.2, 0) is 14.4 Å². The van der Waals surface area contributed by atoms with Crippen molar-refractivity contribution in [1.82, 2.24) is 25.3 Å². The summed E-state index contributed by atoms with van der Waals surface area (Å²) < 4.78 is 5.68. The molecule has 14 heteroatoms. The monoisotopic (exact) mass is 746 g/mol. The fourth-order valence-corrected chi connectivity index (χ4v) is 7.61. The van der Waals surface area contributed by atoms with E-state index >= 15 is 0 Å². The molecule has 2 aromatic carbocycles. The average Bonchev–Trinajstić information content (AvgIpc) is 3.67. The van der Waals surface area contributed by atoms with Gasteiger partial charge in [-0.3, -0.25) is 19.3 Å². The Morgan fingerprint density at radius 1 is 0.926 bits per heavy atom. The van der Waals surface area contributed by atoms with Crippen LogP contribution in [0.1, 0.15) is 58.9 Å². The Balaban J connectivity index is 1.28. The van der Waals surface area contributed by atoms with Crippen molar-refractivity contribution in [3.05, 3.63) is 42.0 Å². The minimum atomic E-state index is -0.810. The number of nitrogens with zero attached hydrogens (tertiary/aromatic N) is 5. The van der Waals surface area contributed by atoms with Gasteiger partial charge in [0.25, 0.3) is 0 Å². The Labute approximate surface area is 321 Å². The molecule has 296 valence electrons. The van der Waals surface area contributed by atoms with Crippen molar-refractivity contribution >= 4 is 46.3 Å². The molecular formula is C40H62N10O4. The lowest BCUT2D eigenvalue weighted by Crippen LogP contribution is -2.59. The first kappa shape index (κ1) is 40.8. The fourth-order valence-electron chi connectivity index (χ4n) is 7.61. The van der Waals surface area contributed by atoms with E-state index < -0.39 is 23.5 Å². The number of carbonyl (C=O) groups is 3. The van der Waals surface area contributed by atoms with E-state index in [9.17, 15) is 14.4 Å².